The predicted molar refractivity (Wildman–Crippen MR) is 151 cm³/mol. The van der Waals surface area contributed by atoms with E-state index in [-0.39, 0.29) is 35.5 Å². The molecule has 0 radical (unpaired) electrons. The standard InChI is InChI=1S/C29H45ClFN3O6/c1-40-29(39,22-13-7-14-23(30)26(22)31)15-6-5-11-21-12-8-16-34(19-21)27(36)33-24(25(35)18-32-28(37)38)17-20-9-3-2-4-10-20/h7,13-14,20-21,24-25,32,35,39H,2-6,8-12,15-19H2,1H3,(H,33,36)(H,37,38)/t21-,24+,25+,29?/m1/s1. The van der Waals surface area contributed by atoms with Gasteiger partial charge in [-0.3, -0.25) is 0 Å². The van der Waals surface area contributed by atoms with Gasteiger partial charge in [-0.2, -0.15) is 0 Å². The first-order chi connectivity index (χ1) is 19.1. The molecule has 1 aromatic carbocycles. The monoisotopic (exact) mass is 585 g/mol. The van der Waals surface area contributed by atoms with Crippen LogP contribution in [0.2, 0.25) is 5.02 Å². The van der Waals surface area contributed by atoms with Crippen LogP contribution in [0.25, 0.3) is 0 Å². The summed E-state index contributed by atoms with van der Waals surface area (Å²) >= 11 is 5.88. The Bertz CT molecular complexity index is 966. The Labute approximate surface area is 241 Å². The van der Waals surface area contributed by atoms with Crippen molar-refractivity contribution in [3.8, 4) is 0 Å². The van der Waals surface area contributed by atoms with E-state index in [1.165, 1.54) is 25.7 Å². The summed E-state index contributed by atoms with van der Waals surface area (Å²) < 4.78 is 19.8. The molecule has 1 saturated heterocycles. The lowest BCUT2D eigenvalue weighted by Gasteiger charge is -2.36. The van der Waals surface area contributed by atoms with E-state index < -0.39 is 29.8 Å². The molecular weight excluding hydrogens is 541 g/mol. The van der Waals surface area contributed by atoms with Gasteiger partial charge in [-0.1, -0.05) is 62.3 Å². The van der Waals surface area contributed by atoms with E-state index in [9.17, 15) is 24.2 Å². The van der Waals surface area contributed by atoms with Gasteiger partial charge in [0.25, 0.3) is 0 Å². The van der Waals surface area contributed by atoms with Crippen LogP contribution in [-0.2, 0) is 10.5 Å². The van der Waals surface area contributed by atoms with Gasteiger partial charge >= 0.3 is 12.1 Å². The van der Waals surface area contributed by atoms with Crippen molar-refractivity contribution in [1.82, 2.24) is 15.5 Å². The molecule has 9 nitrogen and oxygen atoms in total. The smallest absolute Gasteiger partial charge is 0.404 e. The van der Waals surface area contributed by atoms with E-state index in [2.05, 4.69) is 10.6 Å². The summed E-state index contributed by atoms with van der Waals surface area (Å²) in [4.78, 5) is 26.0. The molecule has 226 valence electrons. The highest BCUT2D eigenvalue weighted by atomic mass is 35.5. The Balaban J connectivity index is 1.50. The van der Waals surface area contributed by atoms with Gasteiger partial charge in [0.05, 0.1) is 17.2 Å². The summed E-state index contributed by atoms with van der Waals surface area (Å²) in [6.45, 7) is 1.07. The Morgan fingerprint density at radius 3 is 2.60 bits per heavy atom. The molecular formula is C29H45ClFN3O6. The maximum Gasteiger partial charge on any atom is 0.404 e. The van der Waals surface area contributed by atoms with E-state index in [0.717, 1.165) is 51.4 Å². The lowest BCUT2D eigenvalue weighted by Crippen LogP contribution is -2.54. The number of piperidine rings is 1. The molecule has 3 rings (SSSR count). The van der Waals surface area contributed by atoms with E-state index >= 15 is 0 Å². The number of amides is 3. The molecule has 0 aromatic heterocycles. The minimum atomic E-state index is -1.77. The topological polar surface area (TPSA) is 131 Å². The fraction of sp³-hybridized carbons (Fsp3) is 0.724. The van der Waals surface area contributed by atoms with Crippen LogP contribution in [0.5, 0.6) is 0 Å². The first kappa shape index (κ1) is 32.4. The van der Waals surface area contributed by atoms with Crippen molar-refractivity contribution >= 4 is 23.7 Å². The minimum absolute atomic E-state index is 0.0199. The molecule has 4 atom stereocenters. The van der Waals surface area contributed by atoms with Crippen molar-refractivity contribution in [1.29, 1.82) is 0 Å². The zero-order chi connectivity index (χ0) is 29.1. The van der Waals surface area contributed by atoms with Gasteiger partial charge in [-0.05, 0) is 50.0 Å². The van der Waals surface area contributed by atoms with Crippen LogP contribution in [-0.4, -0.2) is 71.2 Å². The van der Waals surface area contributed by atoms with Crippen LogP contribution >= 0.6 is 11.6 Å². The van der Waals surface area contributed by atoms with Gasteiger partial charge in [0.2, 0.25) is 0 Å². The summed E-state index contributed by atoms with van der Waals surface area (Å²) in [6.07, 6.45) is 8.28. The number of ether oxygens (including phenoxy) is 1. The number of likely N-dealkylation sites (tertiary alicyclic amines) is 1. The van der Waals surface area contributed by atoms with Crippen LogP contribution in [0.4, 0.5) is 14.0 Å². The molecule has 2 aliphatic rings. The number of carbonyl (C=O) groups excluding carboxylic acids is 1. The number of nitrogens with zero attached hydrogens (tertiary/aromatic N) is 1. The van der Waals surface area contributed by atoms with Gasteiger partial charge in [-0.15, -0.1) is 0 Å². The number of benzene rings is 1. The predicted octanol–water partition coefficient (Wildman–Crippen LogP) is 5.22. The number of carbonyl (C=O) groups is 2. The Morgan fingerprint density at radius 2 is 1.90 bits per heavy atom. The first-order valence-corrected chi connectivity index (χ1v) is 14.9. The van der Waals surface area contributed by atoms with Crippen molar-refractivity contribution in [2.24, 2.45) is 11.8 Å². The first-order valence-electron chi connectivity index (χ1n) is 14.5. The molecule has 0 spiro atoms. The summed E-state index contributed by atoms with van der Waals surface area (Å²) in [5, 5.41) is 35.8. The van der Waals surface area contributed by atoms with Crippen molar-refractivity contribution in [2.75, 3.05) is 26.7 Å². The van der Waals surface area contributed by atoms with Crippen LogP contribution in [0, 0.1) is 17.7 Å². The lowest BCUT2D eigenvalue weighted by molar-refractivity contribution is -0.201. The number of unbranched alkanes of at least 4 members (excludes halogenated alkanes) is 1. The summed E-state index contributed by atoms with van der Waals surface area (Å²) in [5.41, 5.74) is 0.0199. The third kappa shape index (κ3) is 9.46. The third-order valence-corrected chi connectivity index (χ3v) is 8.73. The van der Waals surface area contributed by atoms with Crippen LogP contribution in [0.15, 0.2) is 18.2 Å². The maximum atomic E-state index is 14.5. The van der Waals surface area contributed by atoms with Gasteiger partial charge in [0.1, 0.15) is 5.82 Å². The van der Waals surface area contributed by atoms with E-state index in [1.54, 1.807) is 11.0 Å². The number of rotatable bonds is 13. The fourth-order valence-corrected chi connectivity index (χ4v) is 6.29. The molecule has 1 saturated carbocycles. The van der Waals surface area contributed by atoms with Crippen LogP contribution in [0.3, 0.4) is 0 Å². The molecule has 2 fully saturated rings. The van der Waals surface area contributed by atoms with Crippen molar-refractivity contribution in [3.63, 3.8) is 0 Å². The third-order valence-electron chi connectivity index (χ3n) is 8.44. The van der Waals surface area contributed by atoms with Crippen LogP contribution < -0.4 is 10.6 Å². The average molecular weight is 586 g/mol. The number of aliphatic hydroxyl groups is 2. The molecule has 1 aliphatic heterocycles. The van der Waals surface area contributed by atoms with E-state index in [0.29, 0.717) is 31.8 Å². The second kappa shape index (κ2) is 15.7. The number of hydrogen-bond donors (Lipinski definition) is 5. The van der Waals surface area contributed by atoms with Gasteiger partial charge in [0.15, 0.2) is 5.79 Å². The Morgan fingerprint density at radius 1 is 1.18 bits per heavy atom. The highest BCUT2D eigenvalue weighted by molar-refractivity contribution is 6.30. The minimum Gasteiger partial charge on any atom is -0.465 e. The SMILES string of the molecule is COC(O)(CCCC[C@@H]1CCCN(C(=O)N[C@@H](CC2CCCCC2)[C@@H](O)CNC(=O)O)C1)c1cccc(Cl)c1F. The molecule has 1 heterocycles. The number of aliphatic hydroxyl groups excluding tert-OH is 1. The highest BCUT2D eigenvalue weighted by Gasteiger charge is 2.33. The molecule has 11 heteroatoms. The molecule has 3 amide bonds. The molecule has 1 aromatic rings. The number of urea groups is 1. The average Bonchev–Trinajstić information content (AvgIpc) is 2.95. The second-order valence-corrected chi connectivity index (χ2v) is 11.7. The summed E-state index contributed by atoms with van der Waals surface area (Å²) in [6, 6.07) is 3.71. The van der Waals surface area contributed by atoms with E-state index in [1.807, 2.05) is 0 Å². The lowest BCUT2D eigenvalue weighted by atomic mass is 9.83. The Hall–Kier alpha value is -2.14. The molecule has 5 N–H and O–H groups in total. The van der Waals surface area contributed by atoms with Gasteiger partial charge < -0.3 is 35.6 Å². The van der Waals surface area contributed by atoms with E-state index in [4.69, 9.17) is 21.4 Å². The van der Waals surface area contributed by atoms with Gasteiger partial charge in [0, 0.05) is 38.7 Å². The fourth-order valence-electron chi connectivity index (χ4n) is 6.11. The normalized spacial score (nSPS) is 21.3. The second-order valence-electron chi connectivity index (χ2n) is 11.3. The quantitative estimate of drug-likeness (QED) is 0.159. The maximum absolute atomic E-state index is 14.5. The number of methoxy groups -OCH3 is 1. The number of halogens is 2. The molecule has 40 heavy (non-hydrogen) atoms. The molecule has 1 unspecified atom stereocenters. The van der Waals surface area contributed by atoms with Gasteiger partial charge in [-0.25, -0.2) is 14.0 Å². The number of hydrogen-bond acceptors (Lipinski definition) is 5. The summed E-state index contributed by atoms with van der Waals surface area (Å²) in [7, 11) is 1.34. The number of nitrogens with one attached hydrogen (secondary N) is 2. The highest BCUT2D eigenvalue weighted by Crippen LogP contribution is 2.34. The number of carboxylic acid groups (broad SMARTS) is 1. The summed E-state index contributed by atoms with van der Waals surface area (Å²) in [5.74, 6) is -1.77. The zero-order valence-corrected chi connectivity index (χ0v) is 24.2. The Kier molecular flexibility index (Phi) is 12.7. The van der Waals surface area contributed by atoms with Crippen molar-refractivity contribution in [2.45, 2.75) is 95.0 Å². The largest absolute Gasteiger partial charge is 0.465 e. The molecule has 0 bridgehead atoms. The zero-order valence-electron chi connectivity index (χ0n) is 23.4. The van der Waals surface area contributed by atoms with Crippen molar-refractivity contribution in [3.05, 3.63) is 34.6 Å². The molecule has 1 aliphatic carbocycles. The van der Waals surface area contributed by atoms with Crippen LogP contribution in [0.1, 0.15) is 82.6 Å². The van der Waals surface area contributed by atoms with Crippen molar-refractivity contribution < 1.29 is 34.0 Å².